The molecule has 24 heavy (non-hydrogen) atoms. The predicted octanol–water partition coefficient (Wildman–Crippen LogP) is 0.969. The number of carbonyl (C=O) groups is 1. The van der Waals surface area contributed by atoms with Gasteiger partial charge in [-0.15, -0.1) is 0 Å². The summed E-state index contributed by atoms with van der Waals surface area (Å²) in [7, 11) is 0. The fourth-order valence-electron chi connectivity index (χ4n) is 4.01. The standard InChI is InChI=1S/C17H22N6O/c18-15-21-16(19)23(17(22-15)6-2-1-3-7-17)13-5-4-11-10-20-14(24)9-12(11)8-13/h4-5,8H,1-3,6-7,9-10H2,(H,20,24)(H4,18,19,21,22). The largest absolute Gasteiger partial charge is 0.369 e. The average Bonchev–Trinajstić information content (AvgIpc) is 2.54. The van der Waals surface area contributed by atoms with E-state index in [1.54, 1.807) is 0 Å². The van der Waals surface area contributed by atoms with Gasteiger partial charge in [-0.2, -0.15) is 4.99 Å². The Bertz CT molecular complexity index is 747. The molecule has 0 saturated heterocycles. The van der Waals surface area contributed by atoms with E-state index in [1.165, 1.54) is 6.42 Å². The quantitative estimate of drug-likeness (QED) is 0.714. The highest BCUT2D eigenvalue weighted by atomic mass is 16.1. The number of fused-ring (bicyclic) bond motifs is 1. The number of nitrogens with zero attached hydrogens (tertiary/aromatic N) is 3. The average molecular weight is 326 g/mol. The summed E-state index contributed by atoms with van der Waals surface area (Å²) in [4.78, 5) is 22.6. The van der Waals surface area contributed by atoms with Crippen molar-refractivity contribution in [3.05, 3.63) is 29.3 Å². The lowest BCUT2D eigenvalue weighted by Gasteiger charge is -2.45. The first-order valence-electron chi connectivity index (χ1n) is 8.46. The van der Waals surface area contributed by atoms with E-state index in [0.29, 0.717) is 18.9 Å². The Morgan fingerprint density at radius 2 is 1.92 bits per heavy atom. The van der Waals surface area contributed by atoms with Gasteiger partial charge in [0.05, 0.1) is 6.42 Å². The molecule has 5 N–H and O–H groups in total. The molecule has 1 amide bonds. The molecule has 4 rings (SSSR count). The van der Waals surface area contributed by atoms with Crippen LogP contribution in [0.15, 0.2) is 28.2 Å². The van der Waals surface area contributed by atoms with Crippen molar-refractivity contribution >= 4 is 23.5 Å². The normalized spacial score (nSPS) is 22.5. The summed E-state index contributed by atoms with van der Waals surface area (Å²) in [5.74, 6) is 0.683. The summed E-state index contributed by atoms with van der Waals surface area (Å²) in [5, 5.41) is 2.87. The van der Waals surface area contributed by atoms with Gasteiger partial charge in [0.1, 0.15) is 5.66 Å². The van der Waals surface area contributed by atoms with E-state index < -0.39 is 5.66 Å². The molecule has 2 heterocycles. The van der Waals surface area contributed by atoms with Crippen LogP contribution in [0.1, 0.15) is 43.2 Å². The van der Waals surface area contributed by atoms with Gasteiger partial charge in [-0.05, 0) is 48.9 Å². The fraction of sp³-hybridized carbons (Fsp3) is 0.471. The maximum atomic E-state index is 11.7. The van der Waals surface area contributed by atoms with Crippen LogP contribution in [0.5, 0.6) is 0 Å². The maximum Gasteiger partial charge on any atom is 0.224 e. The van der Waals surface area contributed by atoms with Crippen molar-refractivity contribution in [1.29, 1.82) is 0 Å². The van der Waals surface area contributed by atoms with E-state index in [4.69, 9.17) is 11.5 Å². The summed E-state index contributed by atoms with van der Waals surface area (Å²) in [6.45, 7) is 0.578. The van der Waals surface area contributed by atoms with Gasteiger partial charge in [-0.1, -0.05) is 12.5 Å². The van der Waals surface area contributed by atoms with Crippen LogP contribution in [0, 0.1) is 0 Å². The molecule has 126 valence electrons. The highest BCUT2D eigenvalue weighted by Crippen LogP contribution is 2.40. The zero-order valence-corrected chi connectivity index (χ0v) is 13.6. The monoisotopic (exact) mass is 326 g/mol. The van der Waals surface area contributed by atoms with Crippen molar-refractivity contribution in [1.82, 2.24) is 5.32 Å². The van der Waals surface area contributed by atoms with E-state index in [2.05, 4.69) is 21.4 Å². The number of amides is 1. The minimum absolute atomic E-state index is 0.0505. The molecule has 1 fully saturated rings. The second-order valence-corrected chi connectivity index (χ2v) is 6.73. The number of guanidine groups is 2. The lowest BCUT2D eigenvalue weighted by molar-refractivity contribution is -0.121. The predicted molar refractivity (Wildman–Crippen MR) is 93.5 cm³/mol. The van der Waals surface area contributed by atoms with Crippen molar-refractivity contribution in [2.45, 2.75) is 50.7 Å². The van der Waals surface area contributed by atoms with Gasteiger partial charge in [0.2, 0.25) is 17.8 Å². The van der Waals surface area contributed by atoms with Gasteiger partial charge in [0.15, 0.2) is 0 Å². The van der Waals surface area contributed by atoms with Crippen LogP contribution < -0.4 is 21.7 Å². The molecule has 1 aliphatic carbocycles. The Hall–Kier alpha value is -2.57. The Labute approximate surface area is 140 Å². The SMILES string of the molecule is NC1=NC2(CCCCC2)N(c2ccc3c(c2)CC(=O)NC3)C(N)=N1. The number of anilines is 1. The molecule has 3 aliphatic rings. The third-order valence-corrected chi connectivity index (χ3v) is 5.13. The first-order valence-corrected chi connectivity index (χ1v) is 8.46. The summed E-state index contributed by atoms with van der Waals surface area (Å²) >= 11 is 0. The number of nitrogens with two attached hydrogens (primary N) is 2. The molecule has 0 aromatic heterocycles. The number of hydrogen-bond donors (Lipinski definition) is 3. The molecular weight excluding hydrogens is 304 g/mol. The summed E-state index contributed by atoms with van der Waals surface area (Å²) in [6, 6.07) is 6.13. The zero-order valence-electron chi connectivity index (χ0n) is 13.6. The molecule has 1 spiro atoms. The highest BCUT2D eigenvalue weighted by Gasteiger charge is 2.42. The molecule has 0 radical (unpaired) electrons. The Balaban J connectivity index is 1.77. The molecule has 1 aromatic carbocycles. The third kappa shape index (κ3) is 2.40. The van der Waals surface area contributed by atoms with Crippen molar-refractivity contribution < 1.29 is 4.79 Å². The number of benzene rings is 1. The highest BCUT2D eigenvalue weighted by molar-refractivity contribution is 6.05. The minimum atomic E-state index is -0.445. The Morgan fingerprint density at radius 3 is 2.71 bits per heavy atom. The van der Waals surface area contributed by atoms with E-state index in [1.807, 2.05) is 17.0 Å². The maximum absolute atomic E-state index is 11.7. The number of nitrogens with one attached hydrogen (secondary N) is 1. The molecule has 7 heteroatoms. The van der Waals surface area contributed by atoms with E-state index in [0.717, 1.165) is 42.5 Å². The Morgan fingerprint density at radius 1 is 1.12 bits per heavy atom. The van der Waals surface area contributed by atoms with Crippen molar-refractivity contribution in [3.8, 4) is 0 Å². The molecule has 0 atom stereocenters. The summed E-state index contributed by atoms with van der Waals surface area (Å²) < 4.78 is 0. The van der Waals surface area contributed by atoms with Crippen LogP contribution >= 0.6 is 0 Å². The first kappa shape index (κ1) is 15.0. The number of carbonyl (C=O) groups excluding carboxylic acids is 1. The van der Waals surface area contributed by atoms with Crippen molar-refractivity contribution in [2.75, 3.05) is 4.90 Å². The first-order chi connectivity index (χ1) is 11.6. The van der Waals surface area contributed by atoms with Crippen LogP contribution in [0.2, 0.25) is 0 Å². The Kier molecular flexibility index (Phi) is 3.44. The second kappa shape index (κ2) is 5.51. The van der Waals surface area contributed by atoms with Crippen LogP contribution in [-0.2, 0) is 17.8 Å². The molecular formula is C17H22N6O. The molecule has 2 aliphatic heterocycles. The summed E-state index contributed by atoms with van der Waals surface area (Å²) in [6.07, 6.45) is 5.59. The van der Waals surface area contributed by atoms with E-state index in [-0.39, 0.29) is 11.9 Å². The molecule has 0 bridgehead atoms. The number of aliphatic imine (C=N–C) groups is 2. The minimum Gasteiger partial charge on any atom is -0.369 e. The van der Waals surface area contributed by atoms with Crippen molar-refractivity contribution in [3.63, 3.8) is 0 Å². The molecule has 1 aromatic rings. The topological polar surface area (TPSA) is 109 Å². The van der Waals surface area contributed by atoms with E-state index >= 15 is 0 Å². The van der Waals surface area contributed by atoms with E-state index in [9.17, 15) is 4.79 Å². The van der Waals surface area contributed by atoms with Gasteiger partial charge in [0, 0.05) is 12.2 Å². The van der Waals surface area contributed by atoms with Crippen LogP contribution in [0.25, 0.3) is 0 Å². The van der Waals surface area contributed by atoms with Crippen LogP contribution in [0.3, 0.4) is 0 Å². The summed E-state index contributed by atoms with van der Waals surface area (Å²) in [5.41, 5.74) is 14.8. The van der Waals surface area contributed by atoms with Gasteiger partial charge in [-0.3, -0.25) is 9.69 Å². The van der Waals surface area contributed by atoms with Gasteiger partial charge < -0.3 is 16.8 Å². The number of rotatable bonds is 1. The molecule has 7 nitrogen and oxygen atoms in total. The van der Waals surface area contributed by atoms with Crippen LogP contribution in [0.4, 0.5) is 5.69 Å². The zero-order chi connectivity index (χ0) is 16.7. The molecule has 1 saturated carbocycles. The lowest BCUT2D eigenvalue weighted by Crippen LogP contribution is -2.58. The smallest absolute Gasteiger partial charge is 0.224 e. The fourth-order valence-corrected chi connectivity index (χ4v) is 4.01. The van der Waals surface area contributed by atoms with Gasteiger partial charge in [-0.25, -0.2) is 4.99 Å². The lowest BCUT2D eigenvalue weighted by atomic mass is 9.87. The molecule has 0 unspecified atom stereocenters. The number of hydrogen-bond acceptors (Lipinski definition) is 6. The van der Waals surface area contributed by atoms with Crippen molar-refractivity contribution in [2.24, 2.45) is 21.5 Å². The van der Waals surface area contributed by atoms with Gasteiger partial charge >= 0.3 is 0 Å². The third-order valence-electron chi connectivity index (χ3n) is 5.13. The second-order valence-electron chi connectivity index (χ2n) is 6.73. The van der Waals surface area contributed by atoms with Gasteiger partial charge in [0.25, 0.3) is 0 Å². The van der Waals surface area contributed by atoms with Crippen LogP contribution in [-0.4, -0.2) is 23.5 Å².